The van der Waals surface area contributed by atoms with Gasteiger partial charge in [-0.15, -0.1) is 0 Å². The summed E-state index contributed by atoms with van der Waals surface area (Å²) in [5, 5.41) is 3.46. The molecule has 1 N–H and O–H groups in total. The van der Waals surface area contributed by atoms with E-state index in [1.807, 2.05) is 30.3 Å². The number of hydrogen-bond acceptors (Lipinski definition) is 4. The van der Waals surface area contributed by atoms with Crippen molar-refractivity contribution in [2.75, 3.05) is 24.2 Å². The number of nitrogens with zero attached hydrogens (tertiary/aromatic N) is 1. The van der Waals surface area contributed by atoms with E-state index in [2.05, 4.69) is 34.9 Å². The molecule has 0 aliphatic rings. The lowest BCUT2D eigenvalue weighted by Crippen LogP contribution is -2.18. The van der Waals surface area contributed by atoms with Crippen molar-refractivity contribution in [1.29, 1.82) is 0 Å². The van der Waals surface area contributed by atoms with Gasteiger partial charge in [0.25, 0.3) is 5.91 Å². The fraction of sp³-hybridized carbons (Fsp3) is 0.222. The third-order valence-electron chi connectivity index (χ3n) is 5.66. The Hall–Kier alpha value is -3.25. The molecule has 0 radical (unpaired) electrons. The summed E-state index contributed by atoms with van der Waals surface area (Å²) in [6.45, 7) is 3.08. The van der Waals surface area contributed by atoms with E-state index in [4.69, 9.17) is 4.42 Å². The van der Waals surface area contributed by atoms with E-state index >= 15 is 0 Å². The van der Waals surface area contributed by atoms with E-state index in [-0.39, 0.29) is 11.7 Å². The Morgan fingerprint density at radius 3 is 2.42 bits per heavy atom. The van der Waals surface area contributed by atoms with E-state index in [9.17, 15) is 9.18 Å². The van der Waals surface area contributed by atoms with E-state index in [0.29, 0.717) is 22.5 Å². The third-order valence-corrected chi connectivity index (χ3v) is 6.48. The lowest BCUT2D eigenvalue weighted by atomic mass is 9.98. The fourth-order valence-corrected chi connectivity index (χ4v) is 4.61. The summed E-state index contributed by atoms with van der Waals surface area (Å²) in [7, 11) is 1.60. The third kappa shape index (κ3) is 4.62. The van der Waals surface area contributed by atoms with Gasteiger partial charge in [0, 0.05) is 42.4 Å². The van der Waals surface area contributed by atoms with Crippen molar-refractivity contribution in [3.05, 3.63) is 78.1 Å². The fourth-order valence-electron chi connectivity index (χ4n) is 3.95. The van der Waals surface area contributed by atoms with E-state index < -0.39 is 0 Å². The number of benzene rings is 3. The van der Waals surface area contributed by atoms with Crippen LogP contribution in [0.5, 0.6) is 0 Å². The van der Waals surface area contributed by atoms with Crippen LogP contribution in [0.1, 0.15) is 30.1 Å². The van der Waals surface area contributed by atoms with Gasteiger partial charge >= 0.3 is 0 Å². The second-order valence-electron chi connectivity index (χ2n) is 7.76. The molecule has 0 unspecified atom stereocenters. The number of nitrogens with one attached hydrogen (secondary N) is 1. The van der Waals surface area contributed by atoms with Crippen LogP contribution in [-0.4, -0.2) is 25.8 Å². The van der Waals surface area contributed by atoms with Gasteiger partial charge in [-0.3, -0.25) is 4.79 Å². The topological polar surface area (TPSA) is 45.5 Å². The first-order valence-electron chi connectivity index (χ1n) is 11.0. The number of carbonyl (C=O) groups excluding carboxylic acids is 1. The molecule has 0 aliphatic heterocycles. The minimum Gasteiger partial charge on any atom is -0.455 e. The molecule has 1 heterocycles. The second kappa shape index (κ2) is 10.1. The van der Waals surface area contributed by atoms with E-state index in [1.54, 1.807) is 31.1 Å². The van der Waals surface area contributed by atoms with Crippen LogP contribution < -0.4 is 9.62 Å². The van der Waals surface area contributed by atoms with Gasteiger partial charge in [0.1, 0.15) is 17.2 Å². The van der Waals surface area contributed by atoms with Gasteiger partial charge in [-0.1, -0.05) is 55.6 Å². The van der Waals surface area contributed by atoms with Crippen molar-refractivity contribution in [2.45, 2.75) is 19.8 Å². The van der Waals surface area contributed by atoms with Crippen molar-refractivity contribution in [1.82, 2.24) is 5.32 Å². The van der Waals surface area contributed by atoms with Crippen LogP contribution in [0, 0.1) is 5.82 Å². The molecule has 1 aromatic heterocycles. The Labute approximate surface area is 197 Å². The molecule has 0 atom stereocenters. The van der Waals surface area contributed by atoms with E-state index in [1.165, 1.54) is 12.1 Å². The van der Waals surface area contributed by atoms with Gasteiger partial charge in [-0.2, -0.15) is 0 Å². The van der Waals surface area contributed by atoms with Crippen LogP contribution in [0.2, 0.25) is 0 Å². The number of anilines is 1. The largest absolute Gasteiger partial charge is 0.455 e. The Kier molecular flexibility index (Phi) is 7.04. The maximum Gasteiger partial charge on any atom is 0.255 e. The first kappa shape index (κ1) is 22.9. The highest BCUT2D eigenvalue weighted by molar-refractivity contribution is 8.00. The monoisotopic (exact) mass is 462 g/mol. The predicted molar refractivity (Wildman–Crippen MR) is 136 cm³/mol. The van der Waals surface area contributed by atoms with Crippen molar-refractivity contribution < 1.29 is 13.6 Å². The highest BCUT2D eigenvalue weighted by Gasteiger charge is 2.24. The summed E-state index contributed by atoms with van der Waals surface area (Å²) in [6, 6.07) is 20.2. The number of amides is 1. The van der Waals surface area contributed by atoms with Crippen LogP contribution in [0.4, 0.5) is 10.1 Å². The molecule has 0 aliphatic carbocycles. The molecule has 0 saturated heterocycles. The van der Waals surface area contributed by atoms with Crippen LogP contribution in [0.15, 0.2) is 71.1 Å². The summed E-state index contributed by atoms with van der Waals surface area (Å²) in [5.74, 6) is -0.145. The summed E-state index contributed by atoms with van der Waals surface area (Å²) >= 11 is 1.67. The highest BCUT2D eigenvalue weighted by Crippen LogP contribution is 2.42. The molecule has 0 bridgehead atoms. The minimum absolute atomic E-state index is 0.243. The quantitative estimate of drug-likeness (QED) is 0.282. The molecule has 4 aromatic rings. The number of hydrogen-bond donors (Lipinski definition) is 1. The lowest BCUT2D eigenvalue weighted by molar-refractivity contribution is 0.0964. The molecular formula is C27H27FN2O2S. The van der Waals surface area contributed by atoms with E-state index in [0.717, 1.165) is 41.6 Å². The standard InChI is InChI=1S/C27H27FN2O2S/c1-4-5-15-30(33-3)23-17-24-22(16-21(23)18-9-7-6-8-10-18)25(27(31)29-2)26(32-24)19-11-13-20(28)14-12-19/h6-14,16-17H,4-5,15H2,1-3H3,(H,29,31). The van der Waals surface area contributed by atoms with Crippen molar-refractivity contribution in [2.24, 2.45) is 0 Å². The number of furan rings is 1. The van der Waals surface area contributed by atoms with Crippen molar-refractivity contribution >= 4 is 34.5 Å². The molecule has 3 aromatic carbocycles. The molecule has 0 saturated carbocycles. The molecular weight excluding hydrogens is 435 g/mol. The van der Waals surface area contributed by atoms with Crippen LogP contribution in [0.25, 0.3) is 33.4 Å². The minimum atomic E-state index is -0.337. The van der Waals surface area contributed by atoms with Gasteiger partial charge in [-0.05, 0) is 42.3 Å². The smallest absolute Gasteiger partial charge is 0.255 e. The van der Waals surface area contributed by atoms with Gasteiger partial charge < -0.3 is 14.0 Å². The van der Waals surface area contributed by atoms with Crippen LogP contribution in [-0.2, 0) is 0 Å². The normalized spacial score (nSPS) is 11.0. The van der Waals surface area contributed by atoms with Crippen molar-refractivity contribution in [3.8, 4) is 22.5 Å². The SMILES string of the molecule is CCCCN(SC)c1cc2oc(-c3ccc(F)cc3)c(C(=O)NC)c2cc1-c1ccccc1. The molecule has 33 heavy (non-hydrogen) atoms. The summed E-state index contributed by atoms with van der Waals surface area (Å²) in [4.78, 5) is 13.0. The van der Waals surface area contributed by atoms with Gasteiger partial charge in [0.2, 0.25) is 0 Å². The zero-order chi connectivity index (χ0) is 23.4. The summed E-state index contributed by atoms with van der Waals surface area (Å²) in [5.41, 5.74) is 4.87. The predicted octanol–water partition coefficient (Wildman–Crippen LogP) is 7.15. The highest BCUT2D eigenvalue weighted by atomic mass is 32.2. The second-order valence-corrected chi connectivity index (χ2v) is 8.57. The van der Waals surface area contributed by atoms with Gasteiger partial charge in [0.15, 0.2) is 0 Å². The molecule has 1 amide bonds. The first-order chi connectivity index (χ1) is 16.1. The molecule has 170 valence electrons. The van der Waals surface area contributed by atoms with Crippen LogP contribution in [0.3, 0.4) is 0 Å². The van der Waals surface area contributed by atoms with Crippen LogP contribution >= 0.6 is 11.9 Å². The number of unbranched alkanes of at least 4 members (excludes halogenated alkanes) is 1. The average molecular weight is 463 g/mol. The number of fused-ring (bicyclic) bond motifs is 1. The number of carbonyl (C=O) groups is 1. The van der Waals surface area contributed by atoms with Crippen molar-refractivity contribution in [3.63, 3.8) is 0 Å². The average Bonchev–Trinajstić information content (AvgIpc) is 3.23. The zero-order valence-corrected chi connectivity index (χ0v) is 19.8. The Balaban J connectivity index is 2.00. The molecule has 4 rings (SSSR count). The van der Waals surface area contributed by atoms with Gasteiger partial charge in [0.05, 0.1) is 11.3 Å². The number of rotatable bonds is 8. The Morgan fingerprint density at radius 1 is 1.06 bits per heavy atom. The molecule has 4 nitrogen and oxygen atoms in total. The lowest BCUT2D eigenvalue weighted by Gasteiger charge is -2.24. The molecule has 0 spiro atoms. The zero-order valence-electron chi connectivity index (χ0n) is 19.0. The Morgan fingerprint density at radius 2 is 1.79 bits per heavy atom. The maximum atomic E-state index is 13.5. The molecule has 0 fully saturated rings. The summed E-state index contributed by atoms with van der Waals surface area (Å²) in [6.07, 6.45) is 4.22. The maximum absolute atomic E-state index is 13.5. The number of halogens is 1. The van der Waals surface area contributed by atoms with Gasteiger partial charge in [-0.25, -0.2) is 4.39 Å². The first-order valence-corrected chi connectivity index (χ1v) is 12.2. The Bertz CT molecular complexity index is 1250. The summed E-state index contributed by atoms with van der Waals surface area (Å²) < 4.78 is 22.1. The molecule has 6 heteroatoms.